The average molecular weight is 172 g/mol. The maximum absolute atomic E-state index is 3.99. The molecule has 0 bridgehead atoms. The molecule has 0 aliphatic carbocycles. The van der Waals surface area contributed by atoms with Crippen LogP contribution in [0.1, 0.15) is 11.1 Å². The van der Waals surface area contributed by atoms with Crippen LogP contribution in [0.2, 0.25) is 0 Å². The van der Waals surface area contributed by atoms with Crippen LogP contribution in [0.15, 0.2) is 36.9 Å². The maximum atomic E-state index is 3.99. The van der Waals surface area contributed by atoms with E-state index in [-0.39, 0.29) is 0 Å². The molecule has 0 spiro atoms. The third-order valence-electron chi connectivity index (χ3n) is 2.25. The standard InChI is InChI=1S/C11H12N2/c1-9-7-13(8-10(9)2)11-3-5-12-6-4-11/h3-8H,1-2H3. The van der Waals surface area contributed by atoms with Crippen molar-refractivity contribution in [2.45, 2.75) is 13.8 Å². The molecule has 2 nitrogen and oxygen atoms in total. The Balaban J connectivity index is 2.48. The molecule has 0 N–H and O–H groups in total. The van der Waals surface area contributed by atoms with Gasteiger partial charge in [-0.1, -0.05) is 0 Å². The Hall–Kier alpha value is -1.57. The maximum Gasteiger partial charge on any atom is 0.0480 e. The van der Waals surface area contributed by atoms with Gasteiger partial charge in [0, 0.05) is 30.5 Å². The Morgan fingerprint density at radius 2 is 1.54 bits per heavy atom. The van der Waals surface area contributed by atoms with Gasteiger partial charge in [-0.25, -0.2) is 0 Å². The highest BCUT2D eigenvalue weighted by molar-refractivity contribution is 5.34. The third kappa shape index (κ3) is 1.47. The van der Waals surface area contributed by atoms with Gasteiger partial charge in [-0.2, -0.15) is 0 Å². The molecule has 0 atom stereocenters. The van der Waals surface area contributed by atoms with Crippen LogP contribution in [0.25, 0.3) is 5.69 Å². The van der Waals surface area contributed by atoms with E-state index in [1.54, 1.807) is 12.4 Å². The minimum atomic E-state index is 1.16. The molecule has 66 valence electrons. The fourth-order valence-electron chi connectivity index (χ4n) is 1.32. The molecule has 13 heavy (non-hydrogen) atoms. The minimum Gasteiger partial charge on any atom is -0.323 e. The zero-order chi connectivity index (χ0) is 9.26. The zero-order valence-corrected chi connectivity index (χ0v) is 7.86. The first kappa shape index (κ1) is 8.05. The number of aryl methyl sites for hydroxylation is 2. The molecule has 2 heteroatoms. The van der Waals surface area contributed by atoms with Crippen LogP contribution < -0.4 is 0 Å². The van der Waals surface area contributed by atoms with Gasteiger partial charge in [0.15, 0.2) is 0 Å². The molecule has 2 aromatic rings. The molecular formula is C11H12N2. The molecule has 0 radical (unpaired) electrons. The molecule has 0 saturated heterocycles. The van der Waals surface area contributed by atoms with Crippen LogP contribution in [0.3, 0.4) is 0 Å². The highest BCUT2D eigenvalue weighted by Gasteiger charge is 1.98. The first-order valence-electron chi connectivity index (χ1n) is 4.33. The van der Waals surface area contributed by atoms with Gasteiger partial charge in [0.2, 0.25) is 0 Å². The molecule has 2 rings (SSSR count). The predicted octanol–water partition coefficient (Wildman–Crippen LogP) is 2.49. The summed E-state index contributed by atoms with van der Waals surface area (Å²) in [5, 5.41) is 0. The van der Waals surface area contributed by atoms with Crippen molar-refractivity contribution in [1.29, 1.82) is 0 Å². The number of nitrogens with zero attached hydrogens (tertiary/aromatic N) is 2. The van der Waals surface area contributed by atoms with Crippen LogP contribution in [-0.2, 0) is 0 Å². The van der Waals surface area contributed by atoms with Gasteiger partial charge >= 0.3 is 0 Å². The lowest BCUT2D eigenvalue weighted by Crippen LogP contribution is -1.88. The Kier molecular flexibility index (Phi) is 1.89. The van der Waals surface area contributed by atoms with E-state index in [4.69, 9.17) is 0 Å². The van der Waals surface area contributed by atoms with E-state index >= 15 is 0 Å². The molecular weight excluding hydrogens is 160 g/mol. The summed E-state index contributed by atoms with van der Waals surface area (Å²) in [4.78, 5) is 3.99. The monoisotopic (exact) mass is 172 g/mol. The summed E-state index contributed by atoms with van der Waals surface area (Å²) in [5.41, 5.74) is 3.79. The Labute approximate surface area is 77.9 Å². The first-order valence-corrected chi connectivity index (χ1v) is 4.33. The van der Waals surface area contributed by atoms with Crippen molar-refractivity contribution in [1.82, 2.24) is 9.55 Å². The SMILES string of the molecule is Cc1cn(-c2ccncc2)cc1C. The second kappa shape index (κ2) is 3.05. The fourth-order valence-corrected chi connectivity index (χ4v) is 1.32. The minimum absolute atomic E-state index is 1.16. The van der Waals surface area contributed by atoms with Gasteiger partial charge in [-0.05, 0) is 37.1 Å². The quantitative estimate of drug-likeness (QED) is 0.646. The van der Waals surface area contributed by atoms with Crippen LogP contribution in [0, 0.1) is 13.8 Å². The molecule has 0 aliphatic heterocycles. The normalized spacial score (nSPS) is 10.3. The number of hydrogen-bond donors (Lipinski definition) is 0. The fraction of sp³-hybridized carbons (Fsp3) is 0.182. The number of pyridine rings is 1. The van der Waals surface area contributed by atoms with Crippen molar-refractivity contribution in [3.05, 3.63) is 48.0 Å². The van der Waals surface area contributed by atoms with E-state index in [1.165, 1.54) is 11.1 Å². The van der Waals surface area contributed by atoms with Gasteiger partial charge < -0.3 is 4.57 Å². The zero-order valence-electron chi connectivity index (χ0n) is 7.86. The van der Waals surface area contributed by atoms with Crippen molar-refractivity contribution in [2.75, 3.05) is 0 Å². The van der Waals surface area contributed by atoms with Crippen LogP contribution in [0.4, 0.5) is 0 Å². The third-order valence-corrected chi connectivity index (χ3v) is 2.25. The number of rotatable bonds is 1. The van der Waals surface area contributed by atoms with Crippen LogP contribution >= 0.6 is 0 Å². The summed E-state index contributed by atoms with van der Waals surface area (Å²) in [5.74, 6) is 0. The highest BCUT2D eigenvalue weighted by atomic mass is 14.9. The second-order valence-corrected chi connectivity index (χ2v) is 3.24. The lowest BCUT2D eigenvalue weighted by atomic mass is 10.2. The number of hydrogen-bond acceptors (Lipinski definition) is 1. The average Bonchev–Trinajstić information content (AvgIpc) is 2.49. The lowest BCUT2D eigenvalue weighted by Gasteiger charge is -1.99. The molecule has 2 heterocycles. The van der Waals surface area contributed by atoms with Crippen LogP contribution in [0.5, 0.6) is 0 Å². The molecule has 0 aliphatic rings. The van der Waals surface area contributed by atoms with Crippen molar-refractivity contribution in [2.24, 2.45) is 0 Å². The van der Waals surface area contributed by atoms with Crippen molar-refractivity contribution in [3.8, 4) is 5.69 Å². The van der Waals surface area contributed by atoms with E-state index in [0.717, 1.165) is 5.69 Å². The van der Waals surface area contributed by atoms with E-state index in [2.05, 4.69) is 35.8 Å². The van der Waals surface area contributed by atoms with Crippen molar-refractivity contribution in [3.63, 3.8) is 0 Å². The second-order valence-electron chi connectivity index (χ2n) is 3.24. The van der Waals surface area contributed by atoms with E-state index < -0.39 is 0 Å². The molecule has 0 fully saturated rings. The first-order chi connectivity index (χ1) is 6.27. The van der Waals surface area contributed by atoms with Gasteiger partial charge in [0.25, 0.3) is 0 Å². The summed E-state index contributed by atoms with van der Waals surface area (Å²) < 4.78 is 2.12. The van der Waals surface area contributed by atoms with Gasteiger partial charge in [-0.15, -0.1) is 0 Å². The Bertz CT molecular complexity index is 382. The lowest BCUT2D eigenvalue weighted by molar-refractivity contribution is 1.06. The van der Waals surface area contributed by atoms with E-state index in [1.807, 2.05) is 12.1 Å². The van der Waals surface area contributed by atoms with Crippen molar-refractivity contribution >= 4 is 0 Å². The van der Waals surface area contributed by atoms with Gasteiger partial charge in [0.1, 0.15) is 0 Å². The van der Waals surface area contributed by atoms with Gasteiger partial charge in [-0.3, -0.25) is 4.98 Å². The summed E-state index contributed by atoms with van der Waals surface area (Å²) in [6.07, 6.45) is 7.87. The molecule has 2 aromatic heterocycles. The Morgan fingerprint density at radius 1 is 1.00 bits per heavy atom. The summed E-state index contributed by atoms with van der Waals surface area (Å²) >= 11 is 0. The highest BCUT2D eigenvalue weighted by Crippen LogP contribution is 2.12. The Morgan fingerprint density at radius 3 is 2.08 bits per heavy atom. The summed E-state index contributed by atoms with van der Waals surface area (Å²) in [7, 11) is 0. The smallest absolute Gasteiger partial charge is 0.0480 e. The topological polar surface area (TPSA) is 17.8 Å². The van der Waals surface area contributed by atoms with Gasteiger partial charge in [0.05, 0.1) is 0 Å². The van der Waals surface area contributed by atoms with E-state index in [9.17, 15) is 0 Å². The summed E-state index contributed by atoms with van der Waals surface area (Å²) in [6, 6.07) is 4.00. The largest absolute Gasteiger partial charge is 0.323 e. The predicted molar refractivity (Wildman–Crippen MR) is 53.0 cm³/mol. The molecule has 0 unspecified atom stereocenters. The summed E-state index contributed by atoms with van der Waals surface area (Å²) in [6.45, 7) is 4.24. The van der Waals surface area contributed by atoms with Crippen LogP contribution in [-0.4, -0.2) is 9.55 Å². The van der Waals surface area contributed by atoms with E-state index in [0.29, 0.717) is 0 Å². The molecule has 0 aromatic carbocycles. The number of aromatic nitrogens is 2. The van der Waals surface area contributed by atoms with Crippen molar-refractivity contribution < 1.29 is 0 Å². The molecule has 0 saturated carbocycles. The molecule has 0 amide bonds.